The van der Waals surface area contributed by atoms with Gasteiger partial charge in [0.15, 0.2) is 0 Å². The molecule has 0 saturated heterocycles. The zero-order chi connectivity index (χ0) is 12.9. The molecule has 0 aliphatic heterocycles. The first-order valence-corrected chi connectivity index (χ1v) is 5.77. The molecule has 2 aromatic heterocycles. The number of benzene rings is 1. The summed E-state index contributed by atoms with van der Waals surface area (Å²) in [5.41, 5.74) is 2.78. The fourth-order valence-corrected chi connectivity index (χ4v) is 1.64. The van der Waals surface area contributed by atoms with Gasteiger partial charge in [-0.05, 0) is 24.3 Å². The fourth-order valence-electron chi connectivity index (χ4n) is 1.64. The summed E-state index contributed by atoms with van der Waals surface area (Å²) < 4.78 is 5.13. The summed E-state index contributed by atoms with van der Waals surface area (Å²) in [6.07, 6.45) is 6.38. The molecule has 0 amide bonds. The van der Waals surface area contributed by atoms with E-state index in [9.17, 15) is 0 Å². The maximum Gasteiger partial charge on any atom is 0.247 e. The van der Waals surface area contributed by atoms with Gasteiger partial charge in [0.25, 0.3) is 0 Å². The molecule has 0 spiro atoms. The Morgan fingerprint density at radius 3 is 2.68 bits per heavy atom. The van der Waals surface area contributed by atoms with Crippen LogP contribution in [0.2, 0.25) is 0 Å². The predicted molar refractivity (Wildman–Crippen MR) is 69.1 cm³/mol. The van der Waals surface area contributed by atoms with Crippen molar-refractivity contribution in [3.63, 3.8) is 0 Å². The third-order valence-electron chi connectivity index (χ3n) is 2.58. The average Bonchev–Trinajstić information content (AvgIpc) is 3.01. The lowest BCUT2D eigenvalue weighted by molar-refractivity contribution is 0.568. The topological polar surface area (TPSA) is 76.7 Å². The van der Waals surface area contributed by atoms with E-state index in [1.54, 1.807) is 18.6 Å². The first kappa shape index (κ1) is 11.3. The Kier molecular flexibility index (Phi) is 3.14. The van der Waals surface area contributed by atoms with Crippen LogP contribution in [-0.4, -0.2) is 20.2 Å². The van der Waals surface area contributed by atoms with Crippen LogP contribution >= 0.6 is 0 Å². The molecule has 0 aliphatic carbocycles. The van der Waals surface area contributed by atoms with Crippen molar-refractivity contribution in [3.8, 4) is 11.5 Å². The van der Waals surface area contributed by atoms with E-state index in [2.05, 4.69) is 25.5 Å². The highest BCUT2D eigenvalue weighted by Gasteiger charge is 2.02. The minimum atomic E-state index is 0.514. The van der Waals surface area contributed by atoms with Gasteiger partial charge in [0.05, 0.1) is 18.4 Å². The summed E-state index contributed by atoms with van der Waals surface area (Å²) in [6, 6.07) is 7.75. The van der Waals surface area contributed by atoms with Gasteiger partial charge in [0.1, 0.15) is 0 Å². The lowest BCUT2D eigenvalue weighted by Crippen LogP contribution is -2.01. The molecule has 0 saturated carbocycles. The SMILES string of the molecule is c1cnc(CNc2ccc(-c3nnco3)cc2)cn1. The van der Waals surface area contributed by atoms with Crippen molar-refractivity contribution in [1.29, 1.82) is 0 Å². The third-order valence-corrected chi connectivity index (χ3v) is 2.58. The zero-order valence-electron chi connectivity index (χ0n) is 10.0. The van der Waals surface area contributed by atoms with Gasteiger partial charge in [0.2, 0.25) is 12.3 Å². The van der Waals surface area contributed by atoms with Crippen molar-refractivity contribution in [3.05, 3.63) is 54.9 Å². The smallest absolute Gasteiger partial charge is 0.247 e. The van der Waals surface area contributed by atoms with Crippen LogP contribution in [0.25, 0.3) is 11.5 Å². The maximum atomic E-state index is 5.13. The molecule has 1 N–H and O–H groups in total. The number of nitrogens with one attached hydrogen (secondary N) is 1. The second kappa shape index (κ2) is 5.26. The Hall–Kier alpha value is -2.76. The molecule has 6 nitrogen and oxygen atoms in total. The van der Waals surface area contributed by atoms with E-state index in [-0.39, 0.29) is 0 Å². The molecular weight excluding hydrogens is 242 g/mol. The van der Waals surface area contributed by atoms with Gasteiger partial charge in [-0.3, -0.25) is 9.97 Å². The summed E-state index contributed by atoms with van der Waals surface area (Å²) in [7, 11) is 0. The Labute approximate surface area is 109 Å². The van der Waals surface area contributed by atoms with E-state index in [1.165, 1.54) is 6.39 Å². The van der Waals surface area contributed by atoms with Gasteiger partial charge in [-0.25, -0.2) is 0 Å². The van der Waals surface area contributed by atoms with E-state index in [1.807, 2.05) is 24.3 Å². The zero-order valence-corrected chi connectivity index (χ0v) is 10.0. The second-order valence-electron chi connectivity index (χ2n) is 3.87. The van der Waals surface area contributed by atoms with Crippen LogP contribution in [0.15, 0.2) is 53.7 Å². The van der Waals surface area contributed by atoms with Crippen molar-refractivity contribution in [1.82, 2.24) is 20.2 Å². The van der Waals surface area contributed by atoms with E-state index in [0.717, 1.165) is 16.9 Å². The number of hydrogen-bond donors (Lipinski definition) is 1. The molecule has 94 valence electrons. The molecule has 2 heterocycles. The molecule has 0 atom stereocenters. The van der Waals surface area contributed by atoms with Crippen LogP contribution in [0.5, 0.6) is 0 Å². The van der Waals surface area contributed by atoms with E-state index in [0.29, 0.717) is 12.4 Å². The number of nitrogens with zero attached hydrogens (tertiary/aromatic N) is 4. The van der Waals surface area contributed by atoms with Crippen molar-refractivity contribution < 1.29 is 4.42 Å². The quantitative estimate of drug-likeness (QED) is 0.767. The van der Waals surface area contributed by atoms with Gasteiger partial charge in [0, 0.05) is 23.6 Å². The Morgan fingerprint density at radius 1 is 1.11 bits per heavy atom. The van der Waals surface area contributed by atoms with Crippen LogP contribution in [-0.2, 0) is 6.54 Å². The molecule has 3 rings (SSSR count). The van der Waals surface area contributed by atoms with E-state index < -0.39 is 0 Å². The van der Waals surface area contributed by atoms with Gasteiger partial charge in [-0.15, -0.1) is 10.2 Å². The van der Waals surface area contributed by atoms with Crippen LogP contribution in [0.1, 0.15) is 5.69 Å². The summed E-state index contributed by atoms with van der Waals surface area (Å²) in [6.45, 7) is 0.633. The number of rotatable bonds is 4. The minimum absolute atomic E-state index is 0.514. The van der Waals surface area contributed by atoms with Crippen molar-refractivity contribution in [2.24, 2.45) is 0 Å². The fraction of sp³-hybridized carbons (Fsp3) is 0.0769. The van der Waals surface area contributed by atoms with Crippen molar-refractivity contribution in [2.45, 2.75) is 6.54 Å². The highest BCUT2D eigenvalue weighted by molar-refractivity contribution is 5.58. The molecule has 0 fully saturated rings. The van der Waals surface area contributed by atoms with Crippen molar-refractivity contribution >= 4 is 5.69 Å². The Morgan fingerprint density at radius 2 is 2.00 bits per heavy atom. The van der Waals surface area contributed by atoms with Crippen LogP contribution in [0.4, 0.5) is 5.69 Å². The molecular formula is C13H11N5O. The second-order valence-corrected chi connectivity index (χ2v) is 3.87. The monoisotopic (exact) mass is 253 g/mol. The molecule has 6 heteroatoms. The normalized spacial score (nSPS) is 10.3. The predicted octanol–water partition coefficient (Wildman–Crippen LogP) is 2.14. The molecule has 0 bridgehead atoms. The summed E-state index contributed by atoms with van der Waals surface area (Å²) in [4.78, 5) is 8.21. The number of aromatic nitrogens is 4. The highest BCUT2D eigenvalue weighted by Crippen LogP contribution is 2.18. The lowest BCUT2D eigenvalue weighted by atomic mass is 10.2. The molecule has 0 aliphatic rings. The molecule has 1 aromatic carbocycles. The number of hydrogen-bond acceptors (Lipinski definition) is 6. The Balaban J connectivity index is 1.67. The van der Waals surface area contributed by atoms with Gasteiger partial charge in [-0.1, -0.05) is 0 Å². The first-order valence-electron chi connectivity index (χ1n) is 5.77. The molecule has 0 unspecified atom stereocenters. The van der Waals surface area contributed by atoms with Gasteiger partial charge < -0.3 is 9.73 Å². The summed E-state index contributed by atoms with van der Waals surface area (Å²) in [5.74, 6) is 0.514. The molecule has 19 heavy (non-hydrogen) atoms. The molecule has 0 radical (unpaired) electrons. The number of anilines is 1. The standard InChI is InChI=1S/C13H11N5O/c1-3-11(16-8-12-7-14-5-6-15-12)4-2-10(1)13-18-17-9-19-13/h1-7,9,16H,8H2. The lowest BCUT2D eigenvalue weighted by Gasteiger charge is -2.05. The van der Waals surface area contributed by atoms with Crippen LogP contribution in [0, 0.1) is 0 Å². The van der Waals surface area contributed by atoms with E-state index >= 15 is 0 Å². The average molecular weight is 253 g/mol. The minimum Gasteiger partial charge on any atom is -0.423 e. The third kappa shape index (κ3) is 2.74. The maximum absolute atomic E-state index is 5.13. The highest BCUT2D eigenvalue weighted by atomic mass is 16.4. The first-order chi connectivity index (χ1) is 9.42. The van der Waals surface area contributed by atoms with Crippen molar-refractivity contribution in [2.75, 3.05) is 5.32 Å². The van der Waals surface area contributed by atoms with E-state index in [4.69, 9.17) is 4.42 Å². The van der Waals surface area contributed by atoms with Crippen LogP contribution < -0.4 is 5.32 Å². The summed E-state index contributed by atoms with van der Waals surface area (Å²) in [5, 5.41) is 10.8. The molecule has 3 aromatic rings. The van der Waals surface area contributed by atoms with Crippen LogP contribution in [0.3, 0.4) is 0 Å². The largest absolute Gasteiger partial charge is 0.423 e. The van der Waals surface area contributed by atoms with Gasteiger partial charge >= 0.3 is 0 Å². The summed E-state index contributed by atoms with van der Waals surface area (Å²) >= 11 is 0. The van der Waals surface area contributed by atoms with Gasteiger partial charge in [-0.2, -0.15) is 0 Å². The Bertz CT molecular complexity index is 622.